The normalized spacial score (nSPS) is 26.1. The first-order chi connectivity index (χ1) is 8.28. The van der Waals surface area contributed by atoms with Gasteiger partial charge in [0.05, 0.1) is 0 Å². The Kier molecular flexibility index (Phi) is 2.74. The Morgan fingerprint density at radius 2 is 2.06 bits per heavy atom. The zero-order valence-corrected chi connectivity index (χ0v) is 10.8. The first kappa shape index (κ1) is 11.3. The van der Waals surface area contributed by atoms with E-state index in [4.69, 9.17) is 5.73 Å². The molecule has 1 nitrogen and oxygen atoms in total. The van der Waals surface area contributed by atoms with E-state index in [1.165, 1.54) is 44.1 Å². The number of benzene rings is 1. The molecular formula is C16H23N. The summed E-state index contributed by atoms with van der Waals surface area (Å²) in [5.74, 6) is 0.722. The highest BCUT2D eigenvalue weighted by atomic mass is 14.6. The van der Waals surface area contributed by atoms with E-state index in [1.54, 1.807) is 11.1 Å². The zero-order valence-electron chi connectivity index (χ0n) is 10.8. The van der Waals surface area contributed by atoms with E-state index in [0.29, 0.717) is 5.41 Å². The molecular weight excluding hydrogens is 206 g/mol. The summed E-state index contributed by atoms with van der Waals surface area (Å²) in [5.41, 5.74) is 11.3. The Morgan fingerprint density at radius 1 is 1.29 bits per heavy atom. The smallest absolute Gasteiger partial charge is 0.000381 e. The first-order valence-corrected chi connectivity index (χ1v) is 7.07. The molecule has 0 radical (unpaired) electrons. The van der Waals surface area contributed by atoms with Crippen LogP contribution in [0.3, 0.4) is 0 Å². The summed E-state index contributed by atoms with van der Waals surface area (Å²) in [6, 6.07) is 6.90. The van der Waals surface area contributed by atoms with E-state index in [0.717, 1.165) is 12.5 Å². The minimum absolute atomic E-state index is 0.439. The lowest BCUT2D eigenvalue weighted by Gasteiger charge is -2.43. The van der Waals surface area contributed by atoms with Crippen molar-refractivity contribution in [1.29, 1.82) is 0 Å². The van der Waals surface area contributed by atoms with Gasteiger partial charge >= 0.3 is 0 Å². The Bertz CT molecular complexity index is 416. The minimum atomic E-state index is 0.439. The predicted molar refractivity (Wildman–Crippen MR) is 72.2 cm³/mol. The maximum absolute atomic E-state index is 6.05. The fourth-order valence-corrected chi connectivity index (χ4v) is 4.34. The lowest BCUT2D eigenvalue weighted by atomic mass is 9.61. The maximum atomic E-state index is 6.05. The Morgan fingerprint density at radius 3 is 2.76 bits per heavy atom. The summed E-state index contributed by atoms with van der Waals surface area (Å²) in [7, 11) is 0. The van der Waals surface area contributed by atoms with E-state index < -0.39 is 0 Å². The molecule has 17 heavy (non-hydrogen) atoms. The fraction of sp³-hybridized carbons (Fsp3) is 0.625. The van der Waals surface area contributed by atoms with E-state index in [9.17, 15) is 0 Å². The molecule has 1 aromatic rings. The third kappa shape index (κ3) is 1.55. The molecule has 1 aromatic carbocycles. The van der Waals surface area contributed by atoms with Gasteiger partial charge in [-0.2, -0.15) is 0 Å². The number of nitrogens with two attached hydrogens (primary N) is 1. The average molecular weight is 229 g/mol. The number of hydrogen-bond acceptors (Lipinski definition) is 1. The van der Waals surface area contributed by atoms with Gasteiger partial charge in [-0.05, 0) is 67.2 Å². The highest BCUT2D eigenvalue weighted by molar-refractivity contribution is 5.43. The molecule has 92 valence electrons. The SMILES string of the molecule is Cc1cccc2c1CCC(CN)C21CCCC1. The van der Waals surface area contributed by atoms with E-state index in [1.807, 2.05) is 0 Å². The molecule has 3 rings (SSSR count). The first-order valence-electron chi connectivity index (χ1n) is 7.07. The number of rotatable bonds is 1. The molecule has 1 unspecified atom stereocenters. The van der Waals surface area contributed by atoms with Crippen LogP contribution in [0, 0.1) is 12.8 Å². The van der Waals surface area contributed by atoms with Crippen LogP contribution in [0.25, 0.3) is 0 Å². The van der Waals surface area contributed by atoms with Gasteiger partial charge in [0, 0.05) is 0 Å². The van der Waals surface area contributed by atoms with E-state index in [-0.39, 0.29) is 0 Å². The molecule has 0 amide bonds. The van der Waals surface area contributed by atoms with Gasteiger partial charge < -0.3 is 5.73 Å². The van der Waals surface area contributed by atoms with Crippen LogP contribution in [0.4, 0.5) is 0 Å². The lowest BCUT2D eigenvalue weighted by molar-refractivity contribution is 0.243. The third-order valence-electron chi connectivity index (χ3n) is 5.25. The topological polar surface area (TPSA) is 26.0 Å². The quantitative estimate of drug-likeness (QED) is 0.785. The van der Waals surface area contributed by atoms with E-state index >= 15 is 0 Å². The molecule has 2 aliphatic carbocycles. The van der Waals surface area contributed by atoms with Crippen molar-refractivity contribution < 1.29 is 0 Å². The standard InChI is InChI=1S/C16H23N/c1-12-5-4-6-15-14(12)8-7-13(11-17)16(15)9-2-3-10-16/h4-6,13H,2-3,7-11,17H2,1H3. The van der Waals surface area contributed by atoms with Gasteiger partial charge in [-0.3, -0.25) is 0 Å². The summed E-state index contributed by atoms with van der Waals surface area (Å²) in [6.45, 7) is 3.14. The van der Waals surface area contributed by atoms with Crippen LogP contribution < -0.4 is 5.73 Å². The van der Waals surface area contributed by atoms with Gasteiger partial charge in [-0.1, -0.05) is 31.0 Å². The van der Waals surface area contributed by atoms with Gasteiger partial charge in [0.1, 0.15) is 0 Å². The Balaban J connectivity index is 2.14. The van der Waals surface area contributed by atoms with Crippen LogP contribution in [0.15, 0.2) is 18.2 Å². The van der Waals surface area contributed by atoms with Gasteiger partial charge in [0.2, 0.25) is 0 Å². The third-order valence-corrected chi connectivity index (χ3v) is 5.25. The second-order valence-corrected chi connectivity index (χ2v) is 5.94. The predicted octanol–water partition coefficient (Wildman–Crippen LogP) is 3.33. The van der Waals surface area contributed by atoms with Gasteiger partial charge in [-0.25, -0.2) is 0 Å². The van der Waals surface area contributed by atoms with Crippen LogP contribution in [-0.4, -0.2) is 6.54 Å². The van der Waals surface area contributed by atoms with Gasteiger partial charge in [0.15, 0.2) is 0 Å². The molecule has 2 N–H and O–H groups in total. The number of hydrogen-bond donors (Lipinski definition) is 1. The van der Waals surface area contributed by atoms with Crippen molar-refractivity contribution in [1.82, 2.24) is 0 Å². The van der Waals surface area contributed by atoms with Crippen LogP contribution in [0.5, 0.6) is 0 Å². The molecule has 0 bridgehead atoms. The van der Waals surface area contributed by atoms with Crippen LogP contribution in [0.1, 0.15) is 48.8 Å². The van der Waals surface area contributed by atoms with Crippen molar-refractivity contribution in [2.75, 3.05) is 6.54 Å². The van der Waals surface area contributed by atoms with E-state index in [2.05, 4.69) is 25.1 Å². The highest BCUT2D eigenvalue weighted by Gasteiger charge is 2.45. The average Bonchev–Trinajstić information content (AvgIpc) is 2.81. The second-order valence-electron chi connectivity index (χ2n) is 5.94. The number of fused-ring (bicyclic) bond motifs is 2. The molecule has 1 spiro atoms. The Labute approximate surface area is 104 Å². The van der Waals surface area contributed by atoms with Crippen molar-refractivity contribution >= 4 is 0 Å². The zero-order chi connectivity index (χ0) is 11.9. The van der Waals surface area contributed by atoms with Crippen LogP contribution >= 0.6 is 0 Å². The molecule has 1 fully saturated rings. The van der Waals surface area contributed by atoms with Crippen molar-refractivity contribution in [2.24, 2.45) is 11.7 Å². The van der Waals surface area contributed by atoms with Crippen molar-refractivity contribution in [2.45, 2.75) is 50.9 Å². The molecule has 1 heteroatoms. The fourth-order valence-electron chi connectivity index (χ4n) is 4.34. The summed E-state index contributed by atoms with van der Waals surface area (Å²) in [6.07, 6.45) is 8.06. The molecule has 0 saturated heterocycles. The maximum Gasteiger partial charge on any atom is -0.000381 e. The monoisotopic (exact) mass is 229 g/mol. The van der Waals surface area contributed by atoms with Gasteiger partial charge in [0.25, 0.3) is 0 Å². The molecule has 1 atom stereocenters. The minimum Gasteiger partial charge on any atom is -0.330 e. The largest absolute Gasteiger partial charge is 0.330 e. The summed E-state index contributed by atoms with van der Waals surface area (Å²) in [5, 5.41) is 0. The molecule has 0 heterocycles. The van der Waals surface area contributed by atoms with Crippen molar-refractivity contribution in [3.8, 4) is 0 Å². The summed E-state index contributed by atoms with van der Waals surface area (Å²) < 4.78 is 0. The molecule has 0 aliphatic heterocycles. The van der Waals surface area contributed by atoms with Crippen molar-refractivity contribution in [3.05, 3.63) is 34.9 Å². The Hall–Kier alpha value is -0.820. The second kappa shape index (κ2) is 4.13. The van der Waals surface area contributed by atoms with Crippen LogP contribution in [-0.2, 0) is 11.8 Å². The summed E-state index contributed by atoms with van der Waals surface area (Å²) in [4.78, 5) is 0. The van der Waals surface area contributed by atoms with Gasteiger partial charge in [-0.15, -0.1) is 0 Å². The summed E-state index contributed by atoms with van der Waals surface area (Å²) >= 11 is 0. The highest BCUT2D eigenvalue weighted by Crippen LogP contribution is 2.52. The molecule has 2 aliphatic rings. The molecule has 0 aromatic heterocycles. The van der Waals surface area contributed by atoms with Crippen LogP contribution in [0.2, 0.25) is 0 Å². The van der Waals surface area contributed by atoms with Crippen molar-refractivity contribution in [3.63, 3.8) is 0 Å². The molecule has 1 saturated carbocycles. The number of aryl methyl sites for hydroxylation is 1. The lowest BCUT2D eigenvalue weighted by Crippen LogP contribution is -2.41.